The fourth-order valence-electron chi connectivity index (χ4n) is 4.43. The van der Waals surface area contributed by atoms with E-state index in [9.17, 15) is 14.4 Å². The zero-order valence-corrected chi connectivity index (χ0v) is 18.9. The van der Waals surface area contributed by atoms with E-state index in [1.54, 1.807) is 4.90 Å². The summed E-state index contributed by atoms with van der Waals surface area (Å²) < 4.78 is 5.63. The normalized spacial score (nSPS) is 18.3. The molecule has 1 atom stereocenters. The van der Waals surface area contributed by atoms with Crippen molar-refractivity contribution in [2.24, 2.45) is 5.92 Å². The molecule has 1 N–H and O–H groups in total. The molecular weight excluding hydrogens is 418 g/mol. The lowest BCUT2D eigenvalue weighted by Gasteiger charge is -2.32. The Morgan fingerprint density at radius 3 is 2.67 bits per heavy atom. The van der Waals surface area contributed by atoms with Gasteiger partial charge in [-0.2, -0.15) is 0 Å². The standard InChI is InChI=1S/C26H31N3O4/c30-24-12-6-15-28(24)18-20-7-4-9-22(17-20)27-26(32)21-8-5-14-29(19-21)25(31)13-16-33-23-10-2-1-3-11-23/h1-4,7,9-11,17,21H,5-6,8,12-16,18-19H2,(H,27,32). The van der Waals surface area contributed by atoms with Crippen molar-refractivity contribution in [2.75, 3.05) is 31.6 Å². The summed E-state index contributed by atoms with van der Waals surface area (Å²) in [4.78, 5) is 41.1. The molecule has 2 heterocycles. The molecule has 7 heteroatoms. The fraction of sp³-hybridized carbons (Fsp3) is 0.423. The molecule has 1 unspecified atom stereocenters. The highest BCUT2D eigenvalue weighted by Gasteiger charge is 2.28. The summed E-state index contributed by atoms with van der Waals surface area (Å²) in [5, 5.41) is 3.01. The van der Waals surface area contributed by atoms with E-state index in [1.807, 2.05) is 59.5 Å². The SMILES string of the molecule is O=C(Nc1cccc(CN2CCCC2=O)c1)C1CCCN(C(=O)CCOc2ccccc2)C1. The number of piperidine rings is 1. The molecule has 174 valence electrons. The van der Waals surface area contributed by atoms with Gasteiger partial charge in [-0.25, -0.2) is 0 Å². The van der Waals surface area contributed by atoms with Gasteiger partial charge in [0.05, 0.1) is 18.9 Å². The van der Waals surface area contributed by atoms with Crippen LogP contribution >= 0.6 is 0 Å². The minimum absolute atomic E-state index is 0.0145. The van der Waals surface area contributed by atoms with Crippen molar-refractivity contribution in [2.45, 2.75) is 38.6 Å². The Morgan fingerprint density at radius 2 is 1.88 bits per heavy atom. The Balaban J connectivity index is 1.26. The Hall–Kier alpha value is -3.35. The topological polar surface area (TPSA) is 79.0 Å². The third-order valence-electron chi connectivity index (χ3n) is 6.21. The second kappa shape index (κ2) is 11.0. The van der Waals surface area contributed by atoms with Crippen LogP contribution in [0.25, 0.3) is 0 Å². The van der Waals surface area contributed by atoms with Crippen molar-refractivity contribution in [3.05, 3.63) is 60.2 Å². The van der Waals surface area contributed by atoms with E-state index in [4.69, 9.17) is 4.74 Å². The third-order valence-corrected chi connectivity index (χ3v) is 6.21. The maximum Gasteiger partial charge on any atom is 0.229 e. The first-order valence-corrected chi connectivity index (χ1v) is 11.7. The highest BCUT2D eigenvalue weighted by atomic mass is 16.5. The summed E-state index contributed by atoms with van der Waals surface area (Å²) >= 11 is 0. The highest BCUT2D eigenvalue weighted by Crippen LogP contribution is 2.21. The van der Waals surface area contributed by atoms with Gasteiger partial charge in [-0.05, 0) is 49.1 Å². The number of carbonyl (C=O) groups excluding carboxylic acids is 3. The van der Waals surface area contributed by atoms with Gasteiger partial charge < -0.3 is 19.9 Å². The van der Waals surface area contributed by atoms with Crippen LogP contribution in [0, 0.1) is 5.92 Å². The Kier molecular flexibility index (Phi) is 7.60. The van der Waals surface area contributed by atoms with Crippen LogP contribution in [-0.4, -0.2) is 53.8 Å². The van der Waals surface area contributed by atoms with Gasteiger partial charge in [-0.3, -0.25) is 14.4 Å². The molecule has 2 saturated heterocycles. The molecular formula is C26H31N3O4. The van der Waals surface area contributed by atoms with Crippen molar-refractivity contribution in [1.82, 2.24) is 9.80 Å². The number of likely N-dealkylation sites (tertiary alicyclic amines) is 2. The average molecular weight is 450 g/mol. The summed E-state index contributed by atoms with van der Waals surface area (Å²) in [6, 6.07) is 17.1. The zero-order valence-electron chi connectivity index (χ0n) is 18.9. The maximum atomic E-state index is 12.9. The molecule has 3 amide bonds. The first-order valence-electron chi connectivity index (χ1n) is 11.7. The number of rotatable bonds is 8. The molecule has 2 aromatic carbocycles. The van der Waals surface area contributed by atoms with Crippen LogP contribution < -0.4 is 10.1 Å². The maximum absolute atomic E-state index is 12.9. The van der Waals surface area contributed by atoms with E-state index < -0.39 is 0 Å². The minimum atomic E-state index is -0.235. The molecule has 0 spiro atoms. The van der Waals surface area contributed by atoms with Gasteiger partial charge in [0.1, 0.15) is 5.75 Å². The lowest BCUT2D eigenvalue weighted by Crippen LogP contribution is -2.44. The number of benzene rings is 2. The number of para-hydroxylation sites is 1. The number of carbonyl (C=O) groups is 3. The molecule has 0 saturated carbocycles. The summed E-state index contributed by atoms with van der Waals surface area (Å²) in [6.07, 6.45) is 3.38. The molecule has 7 nitrogen and oxygen atoms in total. The van der Waals surface area contributed by atoms with E-state index in [0.717, 1.165) is 42.8 Å². The van der Waals surface area contributed by atoms with Crippen LogP contribution in [0.1, 0.15) is 37.7 Å². The van der Waals surface area contributed by atoms with Crippen LogP contribution in [0.15, 0.2) is 54.6 Å². The lowest BCUT2D eigenvalue weighted by atomic mass is 9.96. The fourth-order valence-corrected chi connectivity index (χ4v) is 4.43. The number of amides is 3. The average Bonchev–Trinajstić information content (AvgIpc) is 3.24. The number of nitrogens with one attached hydrogen (secondary N) is 1. The van der Waals surface area contributed by atoms with Gasteiger partial charge in [-0.1, -0.05) is 30.3 Å². The smallest absolute Gasteiger partial charge is 0.229 e. The number of hydrogen-bond donors (Lipinski definition) is 1. The second-order valence-corrected chi connectivity index (χ2v) is 8.70. The molecule has 0 bridgehead atoms. The number of nitrogens with zero attached hydrogens (tertiary/aromatic N) is 2. The monoisotopic (exact) mass is 449 g/mol. The summed E-state index contributed by atoms with van der Waals surface area (Å²) in [7, 11) is 0. The second-order valence-electron chi connectivity index (χ2n) is 8.70. The Labute approximate surface area is 194 Å². The molecule has 33 heavy (non-hydrogen) atoms. The van der Waals surface area contributed by atoms with E-state index in [0.29, 0.717) is 39.1 Å². The van der Waals surface area contributed by atoms with E-state index in [1.165, 1.54) is 0 Å². The minimum Gasteiger partial charge on any atom is -0.493 e. The van der Waals surface area contributed by atoms with Gasteiger partial charge in [0.2, 0.25) is 17.7 Å². The zero-order chi connectivity index (χ0) is 23.0. The van der Waals surface area contributed by atoms with Gasteiger partial charge in [0.25, 0.3) is 0 Å². The quantitative estimate of drug-likeness (QED) is 0.670. The number of hydrogen-bond acceptors (Lipinski definition) is 4. The largest absolute Gasteiger partial charge is 0.493 e. The summed E-state index contributed by atoms with van der Waals surface area (Å²) in [5.74, 6) is 0.646. The van der Waals surface area contributed by atoms with Crippen molar-refractivity contribution in [3.63, 3.8) is 0 Å². The molecule has 0 aromatic heterocycles. The van der Waals surface area contributed by atoms with E-state index >= 15 is 0 Å². The highest BCUT2D eigenvalue weighted by molar-refractivity contribution is 5.93. The number of ether oxygens (including phenoxy) is 1. The summed E-state index contributed by atoms with van der Waals surface area (Å²) in [5.41, 5.74) is 1.73. The van der Waals surface area contributed by atoms with Crippen molar-refractivity contribution < 1.29 is 19.1 Å². The van der Waals surface area contributed by atoms with Gasteiger partial charge in [-0.15, -0.1) is 0 Å². The van der Waals surface area contributed by atoms with Crippen LogP contribution in [0.4, 0.5) is 5.69 Å². The first kappa shape index (κ1) is 22.8. The lowest BCUT2D eigenvalue weighted by molar-refractivity contribution is -0.135. The van der Waals surface area contributed by atoms with Crippen molar-refractivity contribution in [3.8, 4) is 5.75 Å². The molecule has 4 rings (SSSR count). The third kappa shape index (κ3) is 6.34. The predicted octanol–water partition coefficient (Wildman–Crippen LogP) is 3.46. The number of anilines is 1. The van der Waals surface area contributed by atoms with Gasteiger partial charge in [0.15, 0.2) is 0 Å². The van der Waals surface area contributed by atoms with Crippen molar-refractivity contribution >= 4 is 23.4 Å². The molecule has 2 aliphatic rings. The summed E-state index contributed by atoms with van der Waals surface area (Å²) in [6.45, 7) is 2.78. The van der Waals surface area contributed by atoms with Crippen LogP contribution in [0.3, 0.4) is 0 Å². The molecule has 2 fully saturated rings. The van der Waals surface area contributed by atoms with Crippen LogP contribution in [0.5, 0.6) is 5.75 Å². The Morgan fingerprint density at radius 1 is 1.03 bits per heavy atom. The molecule has 0 radical (unpaired) electrons. The molecule has 2 aromatic rings. The van der Waals surface area contributed by atoms with Crippen molar-refractivity contribution in [1.29, 1.82) is 0 Å². The van der Waals surface area contributed by atoms with E-state index in [2.05, 4.69) is 5.32 Å². The molecule has 2 aliphatic heterocycles. The predicted molar refractivity (Wildman–Crippen MR) is 126 cm³/mol. The van der Waals surface area contributed by atoms with Crippen LogP contribution in [0.2, 0.25) is 0 Å². The van der Waals surface area contributed by atoms with Gasteiger partial charge in [0, 0.05) is 38.3 Å². The van der Waals surface area contributed by atoms with Gasteiger partial charge >= 0.3 is 0 Å². The van der Waals surface area contributed by atoms with Crippen LogP contribution in [-0.2, 0) is 20.9 Å². The molecule has 0 aliphatic carbocycles. The van der Waals surface area contributed by atoms with E-state index in [-0.39, 0.29) is 23.6 Å². The first-order chi connectivity index (χ1) is 16.1. The Bertz CT molecular complexity index is 979.